The van der Waals surface area contributed by atoms with Gasteiger partial charge >= 0.3 is 0 Å². The van der Waals surface area contributed by atoms with Crippen LogP contribution in [0.25, 0.3) is 0 Å². The van der Waals surface area contributed by atoms with Crippen LogP contribution in [0.4, 0.5) is 0 Å². The average Bonchev–Trinajstić information content (AvgIpc) is 3.03. The Balaban J connectivity index is 2.16. The van der Waals surface area contributed by atoms with E-state index in [0.717, 1.165) is 22.8 Å². The smallest absolute Gasteiger partial charge is 0.122 e. The van der Waals surface area contributed by atoms with Crippen LogP contribution >= 0.6 is 11.6 Å². The molecule has 1 heterocycles. The average molecular weight is 269 g/mol. The van der Waals surface area contributed by atoms with Crippen LogP contribution in [0.5, 0.6) is 5.75 Å². The topological polar surface area (TPSA) is 21.8 Å². The van der Waals surface area contributed by atoms with E-state index in [1.54, 1.807) is 0 Å². The third kappa shape index (κ3) is 2.99. The number of benzene rings is 1. The number of hydrogen-bond donors (Lipinski definition) is 0. The summed E-state index contributed by atoms with van der Waals surface area (Å²) in [4.78, 5) is 0. The third-order valence-electron chi connectivity index (χ3n) is 3.50. The van der Waals surface area contributed by atoms with Gasteiger partial charge in [0.25, 0.3) is 0 Å². The zero-order valence-corrected chi connectivity index (χ0v) is 12.3. The molecule has 0 aliphatic carbocycles. The van der Waals surface area contributed by atoms with Gasteiger partial charge < -0.3 is 9.47 Å². The SMILES string of the molecule is CCOc1cc(C)c(Cl)cc1CC(C)C1OC1C. The fraction of sp³-hybridized carbons (Fsp3) is 0.600. The van der Waals surface area contributed by atoms with Crippen LogP contribution in [-0.2, 0) is 11.2 Å². The van der Waals surface area contributed by atoms with Gasteiger partial charge in [-0.05, 0) is 56.4 Å². The predicted octanol–water partition coefficient (Wildman–Crippen LogP) is 4.01. The first-order chi connectivity index (χ1) is 8.52. The van der Waals surface area contributed by atoms with Crippen molar-refractivity contribution in [3.63, 3.8) is 0 Å². The minimum absolute atomic E-state index is 0.388. The van der Waals surface area contributed by atoms with Crippen LogP contribution in [0.15, 0.2) is 12.1 Å². The summed E-state index contributed by atoms with van der Waals surface area (Å²) in [6.07, 6.45) is 1.74. The third-order valence-corrected chi connectivity index (χ3v) is 3.91. The first-order valence-electron chi connectivity index (χ1n) is 6.60. The summed E-state index contributed by atoms with van der Waals surface area (Å²) in [5.41, 5.74) is 2.25. The highest BCUT2D eigenvalue weighted by molar-refractivity contribution is 6.31. The summed E-state index contributed by atoms with van der Waals surface area (Å²) in [7, 11) is 0. The molecule has 0 amide bonds. The molecule has 18 heavy (non-hydrogen) atoms. The second-order valence-corrected chi connectivity index (χ2v) is 5.54. The fourth-order valence-corrected chi connectivity index (χ4v) is 2.59. The molecule has 1 aliphatic heterocycles. The van der Waals surface area contributed by atoms with Crippen molar-refractivity contribution in [2.75, 3.05) is 6.61 Å². The molecular formula is C15H21ClO2. The van der Waals surface area contributed by atoms with E-state index in [1.807, 2.05) is 26.0 Å². The second kappa shape index (κ2) is 5.50. The zero-order chi connectivity index (χ0) is 13.3. The molecule has 100 valence electrons. The molecule has 3 atom stereocenters. The van der Waals surface area contributed by atoms with Crippen LogP contribution in [0.1, 0.15) is 31.9 Å². The van der Waals surface area contributed by atoms with E-state index in [2.05, 4.69) is 13.8 Å². The van der Waals surface area contributed by atoms with Gasteiger partial charge in [-0.25, -0.2) is 0 Å². The van der Waals surface area contributed by atoms with Crippen molar-refractivity contribution in [3.8, 4) is 5.75 Å². The minimum atomic E-state index is 0.388. The zero-order valence-electron chi connectivity index (χ0n) is 11.5. The van der Waals surface area contributed by atoms with Crippen molar-refractivity contribution in [1.82, 2.24) is 0 Å². The van der Waals surface area contributed by atoms with Crippen molar-refractivity contribution in [2.24, 2.45) is 5.92 Å². The molecule has 2 nitrogen and oxygen atoms in total. The molecule has 0 bridgehead atoms. The number of epoxide rings is 1. The van der Waals surface area contributed by atoms with E-state index in [4.69, 9.17) is 21.1 Å². The molecule has 1 aromatic carbocycles. The molecule has 3 unspecified atom stereocenters. The lowest BCUT2D eigenvalue weighted by molar-refractivity contribution is 0.317. The highest BCUT2D eigenvalue weighted by Crippen LogP contribution is 2.34. The molecule has 0 spiro atoms. The molecule has 2 rings (SSSR count). The van der Waals surface area contributed by atoms with E-state index in [1.165, 1.54) is 5.56 Å². The van der Waals surface area contributed by atoms with Crippen LogP contribution in [0.3, 0.4) is 0 Å². The van der Waals surface area contributed by atoms with E-state index in [-0.39, 0.29) is 0 Å². The largest absolute Gasteiger partial charge is 0.494 e. The Labute approximate surface area is 114 Å². The van der Waals surface area contributed by atoms with Crippen molar-refractivity contribution in [2.45, 2.75) is 46.3 Å². The van der Waals surface area contributed by atoms with Gasteiger partial charge in [0.1, 0.15) is 5.75 Å². The normalized spacial score (nSPS) is 23.8. The Morgan fingerprint density at radius 2 is 2.11 bits per heavy atom. The number of aryl methyl sites for hydroxylation is 1. The van der Waals surface area contributed by atoms with Gasteiger partial charge in [0.15, 0.2) is 0 Å². The first-order valence-corrected chi connectivity index (χ1v) is 6.98. The Morgan fingerprint density at radius 3 is 2.67 bits per heavy atom. The van der Waals surface area contributed by atoms with Gasteiger partial charge in [0.2, 0.25) is 0 Å². The Kier molecular flexibility index (Phi) is 4.18. The van der Waals surface area contributed by atoms with Crippen molar-refractivity contribution >= 4 is 11.6 Å². The Hall–Kier alpha value is -0.730. The number of ether oxygens (including phenoxy) is 2. The summed E-state index contributed by atoms with van der Waals surface area (Å²) in [6, 6.07) is 4.07. The Morgan fingerprint density at radius 1 is 1.44 bits per heavy atom. The number of hydrogen-bond acceptors (Lipinski definition) is 2. The number of rotatable bonds is 5. The fourth-order valence-electron chi connectivity index (χ4n) is 2.41. The monoisotopic (exact) mass is 268 g/mol. The van der Waals surface area contributed by atoms with Gasteiger partial charge in [-0.3, -0.25) is 0 Å². The molecule has 1 saturated heterocycles. The standard InChI is InChI=1S/C15H21ClO2/c1-5-17-14-7-9(2)13(16)8-12(14)6-10(3)15-11(4)18-15/h7-8,10-11,15H,5-6H2,1-4H3. The highest BCUT2D eigenvalue weighted by atomic mass is 35.5. The molecular weight excluding hydrogens is 248 g/mol. The van der Waals surface area contributed by atoms with Crippen LogP contribution in [0, 0.1) is 12.8 Å². The maximum Gasteiger partial charge on any atom is 0.122 e. The predicted molar refractivity (Wildman–Crippen MR) is 74.6 cm³/mol. The van der Waals surface area contributed by atoms with Gasteiger partial charge in [0.05, 0.1) is 18.8 Å². The van der Waals surface area contributed by atoms with Gasteiger partial charge in [-0.2, -0.15) is 0 Å². The summed E-state index contributed by atoms with van der Waals surface area (Å²) in [6.45, 7) is 9.02. The lowest BCUT2D eigenvalue weighted by Gasteiger charge is -2.15. The molecule has 3 heteroatoms. The van der Waals surface area contributed by atoms with Gasteiger partial charge in [-0.15, -0.1) is 0 Å². The van der Waals surface area contributed by atoms with Crippen molar-refractivity contribution in [1.29, 1.82) is 0 Å². The van der Waals surface area contributed by atoms with Crippen LogP contribution in [-0.4, -0.2) is 18.8 Å². The molecule has 0 saturated carbocycles. The molecule has 1 aliphatic rings. The lowest BCUT2D eigenvalue weighted by Crippen LogP contribution is -2.10. The maximum absolute atomic E-state index is 6.21. The van der Waals surface area contributed by atoms with Crippen molar-refractivity contribution in [3.05, 3.63) is 28.3 Å². The summed E-state index contributed by atoms with van der Waals surface area (Å²) in [5.74, 6) is 1.46. The van der Waals surface area contributed by atoms with Crippen molar-refractivity contribution < 1.29 is 9.47 Å². The van der Waals surface area contributed by atoms with E-state index < -0.39 is 0 Å². The summed E-state index contributed by atoms with van der Waals surface area (Å²) < 4.78 is 11.2. The summed E-state index contributed by atoms with van der Waals surface area (Å²) in [5, 5.41) is 0.811. The van der Waals surface area contributed by atoms with Crippen LogP contribution < -0.4 is 4.74 Å². The van der Waals surface area contributed by atoms with E-state index >= 15 is 0 Å². The van der Waals surface area contributed by atoms with Gasteiger partial charge in [-0.1, -0.05) is 18.5 Å². The highest BCUT2D eigenvalue weighted by Gasteiger charge is 2.39. The van der Waals surface area contributed by atoms with Gasteiger partial charge in [0, 0.05) is 5.02 Å². The second-order valence-electron chi connectivity index (χ2n) is 5.13. The molecule has 0 N–H and O–H groups in total. The minimum Gasteiger partial charge on any atom is -0.494 e. The van der Waals surface area contributed by atoms with E-state index in [0.29, 0.717) is 24.7 Å². The van der Waals surface area contributed by atoms with Crippen LogP contribution in [0.2, 0.25) is 5.02 Å². The van der Waals surface area contributed by atoms with E-state index in [9.17, 15) is 0 Å². The maximum atomic E-state index is 6.21. The Bertz CT molecular complexity index is 431. The quantitative estimate of drug-likeness (QED) is 0.753. The lowest BCUT2D eigenvalue weighted by atomic mass is 9.95. The first kappa shape index (κ1) is 13.7. The molecule has 1 aromatic rings. The molecule has 1 fully saturated rings. The number of halogens is 1. The molecule has 0 aromatic heterocycles. The summed E-state index contributed by atoms with van der Waals surface area (Å²) >= 11 is 6.21. The molecule has 0 radical (unpaired) electrons.